The van der Waals surface area contributed by atoms with Crippen molar-refractivity contribution in [2.24, 2.45) is 0 Å². The van der Waals surface area contributed by atoms with Crippen molar-refractivity contribution in [2.75, 3.05) is 11.2 Å². The molecular formula is C11H9Br2ClN2OS. The summed E-state index contributed by atoms with van der Waals surface area (Å²) in [5, 5.41) is 3.40. The number of hydrogen-bond acceptors (Lipinski definition) is 3. The number of fused-ring (bicyclic) bond motifs is 1. The highest BCUT2D eigenvalue weighted by Gasteiger charge is 2.10. The van der Waals surface area contributed by atoms with Crippen LogP contribution in [-0.4, -0.2) is 16.8 Å². The Balaban J connectivity index is 2.20. The van der Waals surface area contributed by atoms with Crippen LogP contribution in [0, 0.1) is 0 Å². The van der Waals surface area contributed by atoms with E-state index in [0.717, 1.165) is 19.2 Å². The number of halogens is 3. The molecule has 0 aliphatic heterocycles. The highest BCUT2D eigenvalue weighted by Crippen LogP contribution is 2.34. The molecule has 2 rings (SSSR count). The minimum atomic E-state index is -0.0510. The van der Waals surface area contributed by atoms with Crippen molar-refractivity contribution < 1.29 is 4.79 Å². The molecule has 2 aromatic rings. The van der Waals surface area contributed by atoms with E-state index in [4.69, 9.17) is 11.6 Å². The molecule has 3 nitrogen and oxygen atoms in total. The van der Waals surface area contributed by atoms with Crippen molar-refractivity contribution in [2.45, 2.75) is 12.8 Å². The first-order valence-corrected chi connectivity index (χ1v) is 8.15. The highest BCUT2D eigenvalue weighted by atomic mass is 79.9. The summed E-state index contributed by atoms with van der Waals surface area (Å²) in [5.41, 5.74) is 0.857. The van der Waals surface area contributed by atoms with Crippen molar-refractivity contribution in [3.05, 3.63) is 21.1 Å². The maximum atomic E-state index is 11.6. The number of carbonyl (C=O) groups is 1. The highest BCUT2D eigenvalue weighted by molar-refractivity contribution is 9.11. The number of carbonyl (C=O) groups excluding carboxylic acids is 1. The smallest absolute Gasteiger partial charge is 0.226 e. The first-order chi connectivity index (χ1) is 8.60. The van der Waals surface area contributed by atoms with Crippen LogP contribution < -0.4 is 5.32 Å². The van der Waals surface area contributed by atoms with Gasteiger partial charge in [-0.3, -0.25) is 4.79 Å². The Morgan fingerprint density at radius 3 is 2.94 bits per heavy atom. The molecule has 1 aromatic heterocycles. The van der Waals surface area contributed by atoms with E-state index in [1.165, 1.54) is 11.3 Å². The lowest BCUT2D eigenvalue weighted by Crippen LogP contribution is -2.10. The van der Waals surface area contributed by atoms with Gasteiger partial charge in [-0.05, 0) is 34.5 Å². The van der Waals surface area contributed by atoms with Gasteiger partial charge >= 0.3 is 0 Å². The number of amides is 1. The van der Waals surface area contributed by atoms with Gasteiger partial charge in [0, 0.05) is 21.2 Å². The molecule has 0 spiro atoms. The van der Waals surface area contributed by atoms with Crippen molar-refractivity contribution in [3.8, 4) is 0 Å². The van der Waals surface area contributed by atoms with Crippen molar-refractivity contribution in [3.63, 3.8) is 0 Å². The molecule has 0 bridgehead atoms. The number of anilines is 1. The van der Waals surface area contributed by atoms with Crippen molar-refractivity contribution in [1.82, 2.24) is 4.98 Å². The van der Waals surface area contributed by atoms with E-state index in [1.807, 2.05) is 12.1 Å². The molecule has 0 unspecified atom stereocenters. The molecule has 7 heteroatoms. The van der Waals surface area contributed by atoms with Crippen LogP contribution in [0.5, 0.6) is 0 Å². The zero-order chi connectivity index (χ0) is 13.1. The molecule has 0 aliphatic carbocycles. The monoisotopic (exact) mass is 410 g/mol. The van der Waals surface area contributed by atoms with E-state index in [2.05, 4.69) is 42.2 Å². The summed E-state index contributed by atoms with van der Waals surface area (Å²) in [6.45, 7) is 0. The van der Waals surface area contributed by atoms with E-state index >= 15 is 0 Å². The number of rotatable bonds is 4. The lowest BCUT2D eigenvalue weighted by molar-refractivity contribution is -0.116. The zero-order valence-electron chi connectivity index (χ0n) is 9.17. The minimum absolute atomic E-state index is 0.0510. The predicted octanol–water partition coefficient (Wildman–Crippen LogP) is 4.78. The summed E-state index contributed by atoms with van der Waals surface area (Å²) in [7, 11) is 0. The molecule has 0 atom stereocenters. The summed E-state index contributed by atoms with van der Waals surface area (Å²) in [4.78, 5) is 16.0. The van der Waals surface area contributed by atoms with Gasteiger partial charge in [0.1, 0.15) is 0 Å². The normalized spacial score (nSPS) is 10.8. The summed E-state index contributed by atoms with van der Waals surface area (Å²) < 4.78 is 2.90. The number of nitrogens with zero attached hydrogens (tertiary/aromatic N) is 1. The van der Waals surface area contributed by atoms with Crippen LogP contribution in [0.1, 0.15) is 12.8 Å². The van der Waals surface area contributed by atoms with Gasteiger partial charge in [0.05, 0.1) is 10.2 Å². The molecule has 0 aliphatic rings. The maximum Gasteiger partial charge on any atom is 0.226 e. The van der Waals surface area contributed by atoms with Gasteiger partial charge in [0.15, 0.2) is 5.13 Å². The molecule has 0 saturated heterocycles. The van der Waals surface area contributed by atoms with Gasteiger partial charge < -0.3 is 5.32 Å². The summed E-state index contributed by atoms with van der Waals surface area (Å²) in [6, 6.07) is 3.91. The van der Waals surface area contributed by atoms with Crippen LogP contribution in [0.2, 0.25) is 0 Å². The van der Waals surface area contributed by atoms with Crippen LogP contribution in [0.4, 0.5) is 5.13 Å². The van der Waals surface area contributed by atoms with E-state index in [0.29, 0.717) is 23.9 Å². The van der Waals surface area contributed by atoms with Gasteiger partial charge in [-0.2, -0.15) is 0 Å². The molecule has 1 amide bonds. The molecule has 1 heterocycles. The average Bonchev–Trinajstić information content (AvgIpc) is 2.69. The molecule has 1 N–H and O–H groups in total. The topological polar surface area (TPSA) is 42.0 Å². The Morgan fingerprint density at radius 2 is 2.22 bits per heavy atom. The average molecular weight is 413 g/mol. The molecule has 0 fully saturated rings. The van der Waals surface area contributed by atoms with Gasteiger partial charge in [0.2, 0.25) is 5.91 Å². The number of hydrogen-bond donors (Lipinski definition) is 1. The van der Waals surface area contributed by atoms with Gasteiger partial charge in [0.25, 0.3) is 0 Å². The van der Waals surface area contributed by atoms with Crippen LogP contribution in [0.15, 0.2) is 21.1 Å². The Morgan fingerprint density at radius 1 is 1.44 bits per heavy atom. The second-order valence-electron chi connectivity index (χ2n) is 3.59. The van der Waals surface area contributed by atoms with Crippen molar-refractivity contribution in [1.29, 1.82) is 0 Å². The largest absolute Gasteiger partial charge is 0.302 e. The molecular weight excluding hydrogens is 403 g/mol. The zero-order valence-corrected chi connectivity index (χ0v) is 13.9. The Hall–Kier alpha value is -0.170. The van der Waals surface area contributed by atoms with Crippen LogP contribution in [0.25, 0.3) is 10.2 Å². The number of aromatic nitrogens is 1. The molecule has 1 aromatic carbocycles. The first kappa shape index (κ1) is 14.2. The fourth-order valence-corrected chi connectivity index (χ4v) is 4.10. The SMILES string of the molecule is O=C(CCCCl)Nc1nc2c(Br)cc(Br)cc2s1. The minimum Gasteiger partial charge on any atom is -0.302 e. The number of alkyl halides is 1. The third-order valence-electron chi connectivity index (χ3n) is 2.20. The lowest BCUT2D eigenvalue weighted by Gasteiger charge is -1.98. The quantitative estimate of drug-likeness (QED) is 0.735. The lowest BCUT2D eigenvalue weighted by atomic mass is 10.3. The van der Waals surface area contributed by atoms with Crippen LogP contribution in [-0.2, 0) is 4.79 Å². The second-order valence-corrected chi connectivity index (χ2v) is 6.77. The van der Waals surface area contributed by atoms with Gasteiger partial charge in [-0.25, -0.2) is 4.98 Å². The number of thiazole rings is 1. The second kappa shape index (κ2) is 6.32. The third-order valence-corrected chi connectivity index (χ3v) is 4.44. The molecule has 0 saturated carbocycles. The van der Waals surface area contributed by atoms with E-state index in [1.54, 1.807) is 0 Å². The van der Waals surface area contributed by atoms with Gasteiger partial charge in [-0.1, -0.05) is 27.3 Å². The summed E-state index contributed by atoms with van der Waals surface area (Å²) >= 11 is 13.9. The maximum absolute atomic E-state index is 11.6. The standard InChI is InChI=1S/C11H9Br2ClN2OS/c12-6-4-7(13)10-8(5-6)18-11(16-10)15-9(17)2-1-3-14/h4-5H,1-3H2,(H,15,16,17). The third kappa shape index (κ3) is 3.44. The fourth-order valence-electron chi connectivity index (χ4n) is 1.42. The summed E-state index contributed by atoms with van der Waals surface area (Å²) in [5.74, 6) is 0.441. The Bertz CT molecular complexity index is 588. The first-order valence-electron chi connectivity index (χ1n) is 5.21. The molecule has 0 radical (unpaired) electrons. The molecule has 96 valence electrons. The Kier molecular flexibility index (Phi) is 5.00. The van der Waals surface area contributed by atoms with Crippen molar-refractivity contribution >= 4 is 76.1 Å². The van der Waals surface area contributed by atoms with Crippen LogP contribution in [0.3, 0.4) is 0 Å². The Labute approximate surface area is 130 Å². The number of benzene rings is 1. The predicted molar refractivity (Wildman–Crippen MR) is 83.6 cm³/mol. The van der Waals surface area contributed by atoms with E-state index in [-0.39, 0.29) is 5.91 Å². The van der Waals surface area contributed by atoms with Gasteiger partial charge in [-0.15, -0.1) is 11.6 Å². The fraction of sp³-hybridized carbons (Fsp3) is 0.273. The molecule has 18 heavy (non-hydrogen) atoms. The van der Waals surface area contributed by atoms with E-state index in [9.17, 15) is 4.79 Å². The van der Waals surface area contributed by atoms with E-state index < -0.39 is 0 Å². The summed E-state index contributed by atoms with van der Waals surface area (Å²) in [6.07, 6.45) is 1.10. The number of nitrogens with one attached hydrogen (secondary N) is 1. The van der Waals surface area contributed by atoms with Crippen LogP contribution >= 0.6 is 54.8 Å².